The average Bonchev–Trinajstić information content (AvgIpc) is 3.58. The zero-order valence-corrected chi connectivity index (χ0v) is 23.7. The van der Waals surface area contributed by atoms with Crippen molar-refractivity contribution in [2.75, 3.05) is 6.61 Å². The van der Waals surface area contributed by atoms with E-state index in [1.807, 2.05) is 0 Å². The summed E-state index contributed by atoms with van der Waals surface area (Å²) in [6.45, 7) is 7.55. The Bertz CT molecular complexity index is 1250. The number of carbonyl (C=O) groups is 3. The maximum absolute atomic E-state index is 13.5. The highest BCUT2D eigenvalue weighted by molar-refractivity contribution is 5.98. The summed E-state index contributed by atoms with van der Waals surface area (Å²) in [7, 11) is 0. The van der Waals surface area contributed by atoms with E-state index in [9.17, 15) is 34.8 Å². The van der Waals surface area contributed by atoms with E-state index in [1.54, 1.807) is 20.8 Å². The van der Waals surface area contributed by atoms with E-state index in [0.717, 1.165) is 5.57 Å². The quantitative estimate of drug-likeness (QED) is 0.291. The number of rotatable bonds is 4. The van der Waals surface area contributed by atoms with Crippen LogP contribution in [-0.2, 0) is 28.6 Å². The minimum absolute atomic E-state index is 0.0410. The van der Waals surface area contributed by atoms with Crippen molar-refractivity contribution in [1.29, 1.82) is 0 Å². The standard InChI is InChI=1S/C30H40O10/c1-15-12-22(39-24(34)16(15)2)26(5,35)29(37)11-10-28(36)19-13-23-30(40-23)21(33)7-6-20(32)25(30,4)18(19)8-9-27(28,29)14-38-17(3)31/h6-7,18-19,21-23,33,35-37H,8-14H2,1-5H3/t18-,19+,21+,22?,23+,25-,26?,27+,28+,29+,30+/m0/s1. The summed E-state index contributed by atoms with van der Waals surface area (Å²) in [6, 6.07) is 0. The van der Waals surface area contributed by atoms with Gasteiger partial charge in [0.2, 0.25) is 0 Å². The monoisotopic (exact) mass is 560 g/mol. The Morgan fingerprint density at radius 3 is 2.52 bits per heavy atom. The van der Waals surface area contributed by atoms with Gasteiger partial charge in [-0.1, -0.05) is 5.57 Å². The molecule has 40 heavy (non-hydrogen) atoms. The molecule has 2 aliphatic heterocycles. The molecule has 2 heterocycles. The van der Waals surface area contributed by atoms with Gasteiger partial charge >= 0.3 is 11.9 Å². The topological polar surface area (TPSA) is 163 Å². The van der Waals surface area contributed by atoms with E-state index in [-0.39, 0.29) is 44.0 Å². The maximum Gasteiger partial charge on any atom is 0.334 e. The van der Waals surface area contributed by atoms with Crippen LogP contribution in [0.2, 0.25) is 0 Å². The molecule has 4 aliphatic carbocycles. The van der Waals surface area contributed by atoms with Crippen molar-refractivity contribution < 1.29 is 49.0 Å². The lowest BCUT2D eigenvalue weighted by Crippen LogP contribution is -2.75. The van der Waals surface area contributed by atoms with Gasteiger partial charge in [0.05, 0.1) is 22.5 Å². The number of hydrogen-bond acceptors (Lipinski definition) is 10. The number of fused-ring (bicyclic) bond motifs is 4. The van der Waals surface area contributed by atoms with Crippen molar-refractivity contribution in [1.82, 2.24) is 0 Å². The first-order chi connectivity index (χ1) is 18.5. The first-order valence-corrected chi connectivity index (χ1v) is 14.3. The minimum atomic E-state index is -2.01. The second kappa shape index (κ2) is 8.25. The van der Waals surface area contributed by atoms with E-state index >= 15 is 0 Å². The van der Waals surface area contributed by atoms with Crippen molar-refractivity contribution >= 4 is 17.7 Å². The predicted octanol–water partition coefficient (Wildman–Crippen LogP) is 1.27. The van der Waals surface area contributed by atoms with Gasteiger partial charge in [-0.25, -0.2) is 4.79 Å². The Labute approximate surface area is 233 Å². The van der Waals surface area contributed by atoms with E-state index in [0.29, 0.717) is 18.4 Å². The zero-order valence-electron chi connectivity index (χ0n) is 23.7. The molecule has 6 aliphatic rings. The van der Waals surface area contributed by atoms with Gasteiger partial charge < -0.3 is 34.6 Å². The number of allylic oxidation sites excluding steroid dienone is 1. The number of aliphatic hydroxyl groups excluding tert-OH is 1. The number of ketones is 1. The number of ether oxygens (including phenoxy) is 3. The third-order valence-corrected chi connectivity index (χ3v) is 12.3. The van der Waals surface area contributed by atoms with Gasteiger partial charge in [0.25, 0.3) is 0 Å². The lowest BCUT2D eigenvalue weighted by Gasteiger charge is -2.64. The second-order valence-electron chi connectivity index (χ2n) is 13.6. The third kappa shape index (κ3) is 2.99. The van der Waals surface area contributed by atoms with Crippen LogP contribution >= 0.6 is 0 Å². The maximum atomic E-state index is 13.5. The molecule has 3 saturated carbocycles. The lowest BCUT2D eigenvalue weighted by molar-refractivity contribution is -0.297. The fourth-order valence-electron chi connectivity index (χ4n) is 9.72. The molecule has 11 atom stereocenters. The summed E-state index contributed by atoms with van der Waals surface area (Å²) >= 11 is 0. The van der Waals surface area contributed by atoms with Crippen LogP contribution in [0.1, 0.15) is 73.1 Å². The highest BCUT2D eigenvalue weighted by Gasteiger charge is 2.85. The van der Waals surface area contributed by atoms with Gasteiger partial charge in [-0.2, -0.15) is 0 Å². The number of aliphatic hydroxyl groups is 4. The van der Waals surface area contributed by atoms with Gasteiger partial charge in [-0.05, 0) is 83.8 Å². The molecule has 2 unspecified atom stereocenters. The summed E-state index contributed by atoms with van der Waals surface area (Å²) in [5, 5.41) is 48.5. The van der Waals surface area contributed by atoms with E-state index in [2.05, 4.69) is 0 Å². The molecule has 0 bridgehead atoms. The normalized spacial score (nSPS) is 50.7. The summed E-state index contributed by atoms with van der Waals surface area (Å²) in [4.78, 5) is 38.2. The van der Waals surface area contributed by atoms with Crippen LogP contribution in [0.25, 0.3) is 0 Å². The average molecular weight is 561 g/mol. The molecular formula is C30H40O10. The largest absolute Gasteiger partial charge is 0.465 e. The second-order valence-corrected chi connectivity index (χ2v) is 13.6. The molecule has 0 aromatic carbocycles. The summed E-state index contributed by atoms with van der Waals surface area (Å²) in [6.07, 6.45) is 1.41. The smallest absolute Gasteiger partial charge is 0.334 e. The molecule has 0 aromatic heterocycles. The molecule has 0 amide bonds. The Hall–Kier alpha value is -2.11. The number of carbonyl (C=O) groups excluding carboxylic acids is 3. The number of esters is 2. The van der Waals surface area contributed by atoms with Gasteiger partial charge in [0.15, 0.2) is 5.78 Å². The Morgan fingerprint density at radius 1 is 1.18 bits per heavy atom. The molecule has 4 N–H and O–H groups in total. The van der Waals surface area contributed by atoms with Crippen molar-refractivity contribution in [3.8, 4) is 0 Å². The molecule has 6 rings (SSSR count). The Balaban J connectivity index is 1.45. The minimum Gasteiger partial charge on any atom is -0.465 e. The molecule has 10 heteroatoms. The summed E-state index contributed by atoms with van der Waals surface area (Å²) in [5.74, 6) is -2.28. The van der Waals surface area contributed by atoms with E-state index in [1.165, 1.54) is 26.0 Å². The van der Waals surface area contributed by atoms with Crippen LogP contribution in [0.3, 0.4) is 0 Å². The van der Waals surface area contributed by atoms with Crippen LogP contribution in [0.4, 0.5) is 0 Å². The molecule has 220 valence electrons. The van der Waals surface area contributed by atoms with Crippen LogP contribution < -0.4 is 0 Å². The molecule has 4 fully saturated rings. The molecule has 10 nitrogen and oxygen atoms in total. The van der Waals surface area contributed by atoms with Gasteiger partial charge in [0.1, 0.15) is 35.6 Å². The zero-order chi connectivity index (χ0) is 29.3. The Kier molecular flexibility index (Phi) is 5.78. The third-order valence-electron chi connectivity index (χ3n) is 12.3. The fourth-order valence-corrected chi connectivity index (χ4v) is 9.72. The van der Waals surface area contributed by atoms with Crippen molar-refractivity contribution in [3.63, 3.8) is 0 Å². The van der Waals surface area contributed by atoms with E-state index < -0.39 is 69.4 Å². The van der Waals surface area contributed by atoms with Crippen LogP contribution in [0, 0.1) is 22.7 Å². The molecule has 0 aromatic rings. The molecule has 1 spiro atoms. The number of hydrogen-bond donors (Lipinski definition) is 4. The first-order valence-electron chi connectivity index (χ1n) is 14.3. The number of cyclic esters (lactones) is 1. The van der Waals surface area contributed by atoms with Crippen LogP contribution in [0.15, 0.2) is 23.3 Å². The Morgan fingerprint density at radius 2 is 1.88 bits per heavy atom. The van der Waals surface area contributed by atoms with Crippen LogP contribution in [-0.4, -0.2) is 85.5 Å². The SMILES string of the molecule is CC(=O)OC[C@]12CC[C@H]3[C@@H](C[C@H]4O[C@]45[C@H](O)C=CC(=O)[C@]35C)[C@]1(O)CC[C@@]2(O)C(C)(O)C1CC(C)=C(C)C(=O)O1. The van der Waals surface area contributed by atoms with E-state index in [4.69, 9.17) is 14.2 Å². The van der Waals surface area contributed by atoms with Gasteiger partial charge in [-0.3, -0.25) is 9.59 Å². The van der Waals surface area contributed by atoms with Crippen molar-refractivity contribution in [2.45, 2.75) is 114 Å². The van der Waals surface area contributed by atoms with Crippen molar-refractivity contribution in [3.05, 3.63) is 23.3 Å². The summed E-state index contributed by atoms with van der Waals surface area (Å²) in [5.41, 5.74) is -8.16. The first kappa shape index (κ1) is 28.0. The lowest BCUT2D eigenvalue weighted by atomic mass is 9.42. The molecule has 0 radical (unpaired) electrons. The highest BCUT2D eigenvalue weighted by Crippen LogP contribution is 2.75. The molecular weight excluding hydrogens is 520 g/mol. The number of epoxide rings is 1. The van der Waals surface area contributed by atoms with Crippen LogP contribution in [0.5, 0.6) is 0 Å². The van der Waals surface area contributed by atoms with Crippen molar-refractivity contribution in [2.24, 2.45) is 22.7 Å². The fraction of sp³-hybridized carbons (Fsp3) is 0.767. The summed E-state index contributed by atoms with van der Waals surface area (Å²) < 4.78 is 17.3. The van der Waals surface area contributed by atoms with Gasteiger partial charge in [-0.15, -0.1) is 0 Å². The molecule has 1 saturated heterocycles. The highest BCUT2D eigenvalue weighted by atomic mass is 16.6. The predicted molar refractivity (Wildman–Crippen MR) is 138 cm³/mol. The van der Waals surface area contributed by atoms with Gasteiger partial charge in [0, 0.05) is 18.9 Å².